The van der Waals surface area contributed by atoms with Crippen LogP contribution in [0.5, 0.6) is 0 Å². The number of rotatable bonds is 7. The minimum absolute atomic E-state index is 0.281. The van der Waals surface area contributed by atoms with Crippen LogP contribution in [0.4, 0.5) is 0 Å². The maximum absolute atomic E-state index is 6.13. The number of aliphatic imine (C=N–C) groups is 1. The number of nitrogens with one attached hydrogen (secondary N) is 2. The zero-order valence-corrected chi connectivity index (χ0v) is 17.7. The molecular weight excluding hydrogens is 384 g/mol. The highest BCUT2D eigenvalue weighted by Gasteiger charge is 2.24. The summed E-state index contributed by atoms with van der Waals surface area (Å²) in [6, 6.07) is 3.66. The van der Waals surface area contributed by atoms with Crippen molar-refractivity contribution in [1.82, 2.24) is 25.4 Å². The third kappa shape index (κ3) is 5.60. The van der Waals surface area contributed by atoms with Crippen LogP contribution in [0.1, 0.15) is 44.9 Å². The lowest BCUT2D eigenvalue weighted by Crippen LogP contribution is -2.47. The first-order valence-electron chi connectivity index (χ1n) is 11.0. The van der Waals surface area contributed by atoms with Crippen molar-refractivity contribution in [2.75, 3.05) is 32.8 Å². The average Bonchev–Trinajstić information content (AvgIpc) is 3.48. The number of hydrogen-bond acceptors (Lipinski definition) is 6. The fourth-order valence-electron chi connectivity index (χ4n) is 3.87. The highest BCUT2D eigenvalue weighted by atomic mass is 16.5. The van der Waals surface area contributed by atoms with Crippen molar-refractivity contribution in [2.45, 2.75) is 57.8 Å². The molecule has 30 heavy (non-hydrogen) atoms. The fourth-order valence-corrected chi connectivity index (χ4v) is 3.87. The standard InChI is InChI=1S/C21H32N6O3/c1-2-22-21(23-14-19-24-20(26-25-19)18-7-5-13-29-18)27-10-8-16(9-11-27)30-15-17-6-3-4-12-28-17/h5,7,13,16-17H,2-4,6,8-12,14-15H2,1H3,(H,22,23)(H,24,25,26). The molecule has 164 valence electrons. The van der Waals surface area contributed by atoms with Crippen LogP contribution in [0, 0.1) is 0 Å². The average molecular weight is 417 g/mol. The van der Waals surface area contributed by atoms with E-state index in [4.69, 9.17) is 18.9 Å². The summed E-state index contributed by atoms with van der Waals surface area (Å²) in [5.74, 6) is 2.81. The Labute approximate surface area is 177 Å². The number of nitrogens with zero attached hydrogens (tertiary/aromatic N) is 4. The van der Waals surface area contributed by atoms with Gasteiger partial charge in [0.1, 0.15) is 12.4 Å². The van der Waals surface area contributed by atoms with E-state index in [-0.39, 0.29) is 6.10 Å². The maximum Gasteiger partial charge on any atom is 0.216 e. The minimum Gasteiger partial charge on any atom is -0.461 e. The highest BCUT2D eigenvalue weighted by molar-refractivity contribution is 5.80. The van der Waals surface area contributed by atoms with Crippen LogP contribution in [-0.2, 0) is 16.0 Å². The molecule has 0 aliphatic carbocycles. The Morgan fingerprint density at radius 2 is 2.23 bits per heavy atom. The van der Waals surface area contributed by atoms with Crippen LogP contribution in [0.25, 0.3) is 11.6 Å². The van der Waals surface area contributed by atoms with E-state index in [9.17, 15) is 0 Å². The number of likely N-dealkylation sites (tertiary alicyclic amines) is 1. The molecule has 2 aromatic heterocycles. The molecule has 2 aromatic rings. The van der Waals surface area contributed by atoms with Crippen LogP contribution >= 0.6 is 0 Å². The number of hydrogen-bond donors (Lipinski definition) is 2. The van der Waals surface area contributed by atoms with Crippen molar-refractivity contribution >= 4 is 5.96 Å². The fraction of sp³-hybridized carbons (Fsp3) is 0.667. The van der Waals surface area contributed by atoms with E-state index in [1.807, 2.05) is 12.1 Å². The van der Waals surface area contributed by atoms with Crippen molar-refractivity contribution in [3.63, 3.8) is 0 Å². The van der Waals surface area contributed by atoms with Crippen LogP contribution < -0.4 is 5.32 Å². The number of piperidine rings is 1. The van der Waals surface area contributed by atoms with Gasteiger partial charge in [0.15, 0.2) is 11.7 Å². The Kier molecular flexibility index (Phi) is 7.36. The van der Waals surface area contributed by atoms with Gasteiger partial charge in [0.05, 0.1) is 25.1 Å². The molecule has 4 heterocycles. The summed E-state index contributed by atoms with van der Waals surface area (Å²) < 4.78 is 17.2. The summed E-state index contributed by atoms with van der Waals surface area (Å²) in [5, 5.41) is 10.5. The second-order valence-corrected chi connectivity index (χ2v) is 7.76. The number of aromatic amines is 1. The Morgan fingerprint density at radius 3 is 2.97 bits per heavy atom. The van der Waals surface area contributed by atoms with E-state index in [0.717, 1.165) is 58.1 Å². The molecule has 9 heteroatoms. The number of furan rings is 1. The molecular formula is C21H32N6O3. The van der Waals surface area contributed by atoms with Gasteiger partial charge in [-0.3, -0.25) is 5.10 Å². The molecule has 1 atom stereocenters. The van der Waals surface area contributed by atoms with Gasteiger partial charge >= 0.3 is 0 Å². The van der Waals surface area contributed by atoms with Gasteiger partial charge in [0.25, 0.3) is 0 Å². The molecule has 2 N–H and O–H groups in total. The lowest BCUT2D eigenvalue weighted by Gasteiger charge is -2.35. The normalized spacial score (nSPS) is 21.2. The molecule has 2 aliphatic rings. The first kappa shape index (κ1) is 20.9. The van der Waals surface area contributed by atoms with Crippen molar-refractivity contribution < 1.29 is 13.9 Å². The van der Waals surface area contributed by atoms with Crippen molar-refractivity contribution in [3.8, 4) is 11.6 Å². The molecule has 2 fully saturated rings. The van der Waals surface area contributed by atoms with Gasteiger partial charge in [-0.25, -0.2) is 9.98 Å². The zero-order valence-electron chi connectivity index (χ0n) is 17.7. The smallest absolute Gasteiger partial charge is 0.216 e. The van der Waals surface area contributed by atoms with Gasteiger partial charge < -0.3 is 24.1 Å². The molecule has 0 aromatic carbocycles. The van der Waals surface area contributed by atoms with Crippen LogP contribution in [0.2, 0.25) is 0 Å². The van der Waals surface area contributed by atoms with Gasteiger partial charge in [-0.05, 0) is 51.2 Å². The van der Waals surface area contributed by atoms with E-state index >= 15 is 0 Å². The Morgan fingerprint density at radius 1 is 1.33 bits per heavy atom. The molecule has 0 spiro atoms. The summed E-state index contributed by atoms with van der Waals surface area (Å²) >= 11 is 0. The number of guanidine groups is 1. The number of ether oxygens (including phenoxy) is 2. The predicted octanol–water partition coefficient (Wildman–Crippen LogP) is 2.58. The van der Waals surface area contributed by atoms with Crippen LogP contribution in [0.15, 0.2) is 27.8 Å². The maximum atomic E-state index is 6.13. The quantitative estimate of drug-likeness (QED) is 0.528. The van der Waals surface area contributed by atoms with E-state index < -0.39 is 0 Å². The second kappa shape index (κ2) is 10.6. The molecule has 2 saturated heterocycles. The SMILES string of the molecule is CCNC(=NCc1nc(-c2ccco2)n[nH]1)N1CCC(OCC2CCCCO2)CC1. The molecule has 0 bridgehead atoms. The summed E-state index contributed by atoms with van der Waals surface area (Å²) in [5.41, 5.74) is 0. The van der Waals surface area contributed by atoms with E-state index in [2.05, 4.69) is 32.3 Å². The molecule has 0 saturated carbocycles. The molecule has 0 amide bonds. The molecule has 9 nitrogen and oxygen atoms in total. The summed E-state index contributed by atoms with van der Waals surface area (Å²) in [6.45, 7) is 6.80. The van der Waals surface area contributed by atoms with E-state index in [0.29, 0.717) is 30.1 Å². The van der Waals surface area contributed by atoms with Crippen molar-refractivity contribution in [3.05, 3.63) is 24.2 Å². The Bertz CT molecular complexity index is 777. The molecule has 4 rings (SSSR count). The van der Waals surface area contributed by atoms with Crippen LogP contribution in [0.3, 0.4) is 0 Å². The van der Waals surface area contributed by atoms with E-state index in [1.165, 1.54) is 12.8 Å². The third-order valence-corrected chi connectivity index (χ3v) is 5.52. The molecule has 2 aliphatic heterocycles. The monoisotopic (exact) mass is 416 g/mol. The predicted molar refractivity (Wildman–Crippen MR) is 113 cm³/mol. The largest absolute Gasteiger partial charge is 0.461 e. The topological polar surface area (TPSA) is 101 Å². The van der Waals surface area contributed by atoms with Gasteiger partial charge in [-0.15, -0.1) is 5.10 Å². The minimum atomic E-state index is 0.281. The third-order valence-electron chi connectivity index (χ3n) is 5.52. The molecule has 0 radical (unpaired) electrons. The Hall–Kier alpha value is -2.39. The van der Waals surface area contributed by atoms with Crippen molar-refractivity contribution in [1.29, 1.82) is 0 Å². The van der Waals surface area contributed by atoms with Gasteiger partial charge in [0, 0.05) is 26.2 Å². The van der Waals surface area contributed by atoms with Gasteiger partial charge in [0.2, 0.25) is 5.82 Å². The number of aromatic nitrogens is 3. The lowest BCUT2D eigenvalue weighted by atomic mass is 10.1. The highest BCUT2D eigenvalue weighted by Crippen LogP contribution is 2.18. The summed E-state index contributed by atoms with van der Waals surface area (Å²) in [4.78, 5) is 11.5. The van der Waals surface area contributed by atoms with Crippen LogP contribution in [-0.4, -0.2) is 71.1 Å². The zero-order chi connectivity index (χ0) is 20.6. The van der Waals surface area contributed by atoms with Gasteiger partial charge in [-0.1, -0.05) is 0 Å². The first-order chi connectivity index (χ1) is 14.8. The second-order valence-electron chi connectivity index (χ2n) is 7.76. The summed E-state index contributed by atoms with van der Waals surface area (Å²) in [6.07, 6.45) is 7.76. The summed E-state index contributed by atoms with van der Waals surface area (Å²) in [7, 11) is 0. The van der Waals surface area contributed by atoms with Gasteiger partial charge in [-0.2, -0.15) is 0 Å². The molecule has 1 unspecified atom stereocenters. The van der Waals surface area contributed by atoms with E-state index in [1.54, 1.807) is 6.26 Å². The lowest BCUT2D eigenvalue weighted by molar-refractivity contribution is -0.0721. The first-order valence-corrected chi connectivity index (χ1v) is 11.0. The Balaban J connectivity index is 1.27. The van der Waals surface area contributed by atoms with Crippen molar-refractivity contribution in [2.24, 2.45) is 4.99 Å². The number of H-pyrrole nitrogens is 1.